The van der Waals surface area contributed by atoms with E-state index in [1.807, 2.05) is 54.6 Å². The van der Waals surface area contributed by atoms with Crippen LogP contribution in [0.3, 0.4) is 0 Å². The van der Waals surface area contributed by atoms with Gasteiger partial charge in [-0.2, -0.15) is 0 Å². The Hall–Kier alpha value is -2.82. The first kappa shape index (κ1) is 20.5. The van der Waals surface area contributed by atoms with E-state index in [0.717, 1.165) is 48.0 Å². The van der Waals surface area contributed by atoms with Crippen molar-refractivity contribution in [1.29, 1.82) is 0 Å². The Morgan fingerprint density at radius 2 is 1.63 bits per heavy atom. The first-order valence-corrected chi connectivity index (χ1v) is 10.7. The molecule has 1 aliphatic heterocycles. The summed E-state index contributed by atoms with van der Waals surface area (Å²) in [4.78, 5) is 17.3. The van der Waals surface area contributed by atoms with Crippen molar-refractivity contribution in [3.63, 3.8) is 0 Å². The van der Waals surface area contributed by atoms with E-state index in [1.54, 1.807) is 0 Å². The number of hydrogen-bond acceptors (Lipinski definition) is 3. The number of nitrogens with zero attached hydrogens (tertiary/aromatic N) is 2. The van der Waals surface area contributed by atoms with Gasteiger partial charge in [-0.3, -0.25) is 9.69 Å². The molecule has 0 aliphatic carbocycles. The minimum Gasteiger partial charge on any atom is -0.369 e. The minimum atomic E-state index is 0.0192. The highest BCUT2D eigenvalue weighted by molar-refractivity contribution is 6.30. The van der Waals surface area contributed by atoms with Crippen molar-refractivity contribution in [2.45, 2.75) is 6.92 Å². The van der Waals surface area contributed by atoms with E-state index >= 15 is 0 Å². The molecule has 154 valence electrons. The van der Waals surface area contributed by atoms with Gasteiger partial charge in [-0.15, -0.1) is 0 Å². The predicted molar refractivity (Wildman–Crippen MR) is 125 cm³/mol. The molecular weight excluding hydrogens is 394 g/mol. The van der Waals surface area contributed by atoms with Crippen molar-refractivity contribution in [3.05, 3.63) is 83.4 Å². The van der Waals surface area contributed by atoms with Gasteiger partial charge in [0.2, 0.25) is 5.91 Å². The van der Waals surface area contributed by atoms with Crippen LogP contribution in [0.5, 0.6) is 0 Å². The van der Waals surface area contributed by atoms with E-state index in [-0.39, 0.29) is 5.91 Å². The predicted octanol–water partition coefficient (Wildman–Crippen LogP) is 5.08. The summed E-state index contributed by atoms with van der Waals surface area (Å²) >= 11 is 6.18. The SMILES string of the molecule is Cc1ccc(Cl)cc1N1CCN(CC(=O)Nc2ccccc2-c2ccccc2)CC1. The third-order valence-electron chi connectivity index (χ3n) is 5.54. The molecule has 0 bridgehead atoms. The quantitative estimate of drug-likeness (QED) is 0.626. The van der Waals surface area contributed by atoms with Gasteiger partial charge in [0.1, 0.15) is 0 Å². The molecule has 30 heavy (non-hydrogen) atoms. The van der Waals surface area contributed by atoms with Crippen LogP contribution in [0.15, 0.2) is 72.8 Å². The number of rotatable bonds is 5. The van der Waals surface area contributed by atoms with E-state index < -0.39 is 0 Å². The number of benzene rings is 3. The topological polar surface area (TPSA) is 35.6 Å². The average Bonchev–Trinajstić information content (AvgIpc) is 2.77. The van der Waals surface area contributed by atoms with Gasteiger partial charge in [0.05, 0.1) is 6.54 Å². The summed E-state index contributed by atoms with van der Waals surface area (Å²) in [5.41, 5.74) is 5.39. The zero-order chi connectivity index (χ0) is 20.9. The normalized spacial score (nSPS) is 14.5. The summed E-state index contributed by atoms with van der Waals surface area (Å²) in [6.07, 6.45) is 0. The largest absolute Gasteiger partial charge is 0.369 e. The van der Waals surface area contributed by atoms with Gasteiger partial charge in [0.15, 0.2) is 0 Å². The molecule has 0 atom stereocenters. The van der Waals surface area contributed by atoms with Crippen LogP contribution in [0, 0.1) is 6.92 Å². The highest BCUT2D eigenvalue weighted by Crippen LogP contribution is 2.28. The monoisotopic (exact) mass is 419 g/mol. The Bertz CT molecular complexity index is 1010. The number of piperazine rings is 1. The third-order valence-corrected chi connectivity index (χ3v) is 5.77. The molecule has 1 fully saturated rings. The number of anilines is 2. The second-order valence-corrected chi connectivity index (χ2v) is 8.09. The molecule has 1 aliphatic rings. The van der Waals surface area contributed by atoms with E-state index in [2.05, 4.69) is 40.2 Å². The number of nitrogens with one attached hydrogen (secondary N) is 1. The van der Waals surface area contributed by atoms with Crippen LogP contribution in [0.2, 0.25) is 5.02 Å². The molecule has 1 N–H and O–H groups in total. The lowest BCUT2D eigenvalue weighted by atomic mass is 10.0. The highest BCUT2D eigenvalue weighted by atomic mass is 35.5. The van der Waals surface area contributed by atoms with Crippen molar-refractivity contribution in [3.8, 4) is 11.1 Å². The molecule has 0 spiro atoms. The van der Waals surface area contributed by atoms with Crippen molar-refractivity contribution in [1.82, 2.24) is 4.90 Å². The molecule has 3 aromatic rings. The summed E-state index contributed by atoms with van der Waals surface area (Å²) in [5.74, 6) is 0.0192. The smallest absolute Gasteiger partial charge is 0.238 e. The molecule has 4 rings (SSSR count). The Balaban J connectivity index is 1.36. The van der Waals surface area contributed by atoms with Crippen LogP contribution < -0.4 is 10.2 Å². The molecule has 4 nitrogen and oxygen atoms in total. The fourth-order valence-corrected chi connectivity index (χ4v) is 4.09. The molecule has 5 heteroatoms. The number of hydrogen-bond donors (Lipinski definition) is 1. The Morgan fingerprint density at radius 3 is 2.40 bits per heavy atom. The van der Waals surface area contributed by atoms with Gasteiger partial charge in [-0.05, 0) is 36.2 Å². The lowest BCUT2D eigenvalue weighted by Crippen LogP contribution is -2.48. The summed E-state index contributed by atoms with van der Waals surface area (Å²) in [7, 11) is 0. The van der Waals surface area contributed by atoms with Crippen LogP contribution >= 0.6 is 11.6 Å². The Morgan fingerprint density at radius 1 is 0.933 bits per heavy atom. The molecule has 0 saturated carbocycles. The van der Waals surface area contributed by atoms with Crippen LogP contribution in [0.4, 0.5) is 11.4 Å². The third kappa shape index (κ3) is 4.84. The zero-order valence-electron chi connectivity index (χ0n) is 17.1. The number of halogens is 1. The second-order valence-electron chi connectivity index (χ2n) is 7.65. The first-order valence-electron chi connectivity index (χ1n) is 10.3. The fraction of sp³-hybridized carbons (Fsp3) is 0.240. The van der Waals surface area contributed by atoms with Crippen molar-refractivity contribution < 1.29 is 4.79 Å². The first-order chi connectivity index (χ1) is 14.6. The van der Waals surface area contributed by atoms with E-state index in [0.29, 0.717) is 6.54 Å². The maximum Gasteiger partial charge on any atom is 0.238 e. The van der Waals surface area contributed by atoms with Gasteiger partial charge in [0, 0.05) is 48.1 Å². The Labute approximate surface area is 183 Å². The maximum absolute atomic E-state index is 12.7. The molecule has 1 amide bonds. The van der Waals surface area contributed by atoms with Crippen LogP contribution in [-0.4, -0.2) is 43.5 Å². The molecule has 3 aromatic carbocycles. The van der Waals surface area contributed by atoms with Gasteiger partial charge in [-0.1, -0.05) is 66.2 Å². The van der Waals surface area contributed by atoms with Crippen molar-refractivity contribution in [2.24, 2.45) is 0 Å². The Kier molecular flexibility index (Phi) is 6.36. The number of carbonyl (C=O) groups is 1. The molecule has 0 unspecified atom stereocenters. The number of aryl methyl sites for hydroxylation is 1. The van der Waals surface area contributed by atoms with Gasteiger partial charge in [-0.25, -0.2) is 0 Å². The van der Waals surface area contributed by atoms with Crippen molar-refractivity contribution in [2.75, 3.05) is 42.9 Å². The van der Waals surface area contributed by atoms with Crippen LogP contribution in [0.1, 0.15) is 5.56 Å². The lowest BCUT2D eigenvalue weighted by Gasteiger charge is -2.36. The summed E-state index contributed by atoms with van der Waals surface area (Å²) in [6.45, 7) is 5.96. The van der Waals surface area contributed by atoms with Gasteiger partial charge < -0.3 is 10.2 Å². The summed E-state index contributed by atoms with van der Waals surface area (Å²) in [6, 6.07) is 24.1. The van der Waals surface area contributed by atoms with Crippen LogP contribution in [-0.2, 0) is 4.79 Å². The highest BCUT2D eigenvalue weighted by Gasteiger charge is 2.21. The molecule has 0 radical (unpaired) electrons. The van der Waals surface area contributed by atoms with E-state index in [4.69, 9.17) is 11.6 Å². The molecule has 1 saturated heterocycles. The second kappa shape index (κ2) is 9.33. The zero-order valence-corrected chi connectivity index (χ0v) is 17.9. The fourth-order valence-electron chi connectivity index (χ4n) is 3.92. The van der Waals surface area contributed by atoms with E-state index in [1.165, 1.54) is 11.3 Å². The van der Waals surface area contributed by atoms with Gasteiger partial charge >= 0.3 is 0 Å². The number of para-hydroxylation sites is 1. The van der Waals surface area contributed by atoms with Crippen molar-refractivity contribution >= 4 is 28.9 Å². The van der Waals surface area contributed by atoms with Crippen LogP contribution in [0.25, 0.3) is 11.1 Å². The molecule has 1 heterocycles. The standard InChI is InChI=1S/C25H26ClN3O/c1-19-11-12-21(26)17-24(19)29-15-13-28(14-16-29)18-25(30)27-23-10-6-5-9-22(23)20-7-3-2-4-8-20/h2-12,17H,13-16,18H2,1H3,(H,27,30). The van der Waals surface area contributed by atoms with E-state index in [9.17, 15) is 4.79 Å². The average molecular weight is 420 g/mol. The lowest BCUT2D eigenvalue weighted by molar-refractivity contribution is -0.117. The maximum atomic E-state index is 12.7. The molecule has 0 aromatic heterocycles. The molecular formula is C25H26ClN3O. The minimum absolute atomic E-state index is 0.0192. The number of carbonyl (C=O) groups excluding carboxylic acids is 1. The number of amides is 1. The summed E-state index contributed by atoms with van der Waals surface area (Å²) in [5, 5.41) is 3.86. The van der Waals surface area contributed by atoms with Gasteiger partial charge in [0.25, 0.3) is 0 Å². The summed E-state index contributed by atoms with van der Waals surface area (Å²) < 4.78 is 0.